The number of hydrogen-bond donors (Lipinski definition) is 0. The Kier molecular flexibility index (Phi) is 5.17. The standard InChI is InChI=1S/C10H17ClS/c1-12-7-6-9-4-2-3-5-10(11)8-9/h8,10H,2-7H2,1H3. The molecule has 0 amide bonds. The van der Waals surface area contributed by atoms with E-state index in [1.54, 1.807) is 5.57 Å². The fourth-order valence-corrected chi connectivity index (χ4v) is 2.35. The van der Waals surface area contributed by atoms with Crippen LogP contribution in [0.1, 0.15) is 32.1 Å². The lowest BCUT2D eigenvalue weighted by atomic mass is 10.1. The average Bonchev–Trinajstić information content (AvgIpc) is 2.26. The van der Waals surface area contributed by atoms with E-state index in [2.05, 4.69) is 12.3 Å². The van der Waals surface area contributed by atoms with E-state index in [9.17, 15) is 0 Å². The van der Waals surface area contributed by atoms with E-state index in [1.165, 1.54) is 37.9 Å². The molecular weight excluding hydrogens is 188 g/mol. The van der Waals surface area contributed by atoms with Crippen LogP contribution in [0.2, 0.25) is 0 Å². The molecule has 2 heteroatoms. The SMILES string of the molecule is CSCCC1=CC(Cl)CCCC1. The molecule has 0 fully saturated rings. The minimum Gasteiger partial charge on any atom is -0.165 e. The van der Waals surface area contributed by atoms with Gasteiger partial charge in [-0.3, -0.25) is 0 Å². The number of alkyl halides is 1. The van der Waals surface area contributed by atoms with Crippen LogP contribution in [-0.4, -0.2) is 17.4 Å². The van der Waals surface area contributed by atoms with Gasteiger partial charge in [-0.15, -0.1) is 11.6 Å². The molecule has 1 atom stereocenters. The lowest BCUT2D eigenvalue weighted by Crippen LogP contribution is -1.92. The minimum absolute atomic E-state index is 0.310. The molecular formula is C10H17ClS. The number of hydrogen-bond acceptors (Lipinski definition) is 1. The predicted molar refractivity (Wildman–Crippen MR) is 59.2 cm³/mol. The predicted octanol–water partition coefficient (Wildman–Crippen LogP) is 3.85. The molecule has 0 nitrogen and oxygen atoms in total. The van der Waals surface area contributed by atoms with Crippen LogP contribution in [0.4, 0.5) is 0 Å². The van der Waals surface area contributed by atoms with Gasteiger partial charge in [0.25, 0.3) is 0 Å². The van der Waals surface area contributed by atoms with Gasteiger partial charge < -0.3 is 0 Å². The average molecular weight is 205 g/mol. The highest BCUT2D eigenvalue weighted by Crippen LogP contribution is 2.23. The van der Waals surface area contributed by atoms with Crippen molar-refractivity contribution in [3.8, 4) is 0 Å². The maximum atomic E-state index is 6.11. The summed E-state index contributed by atoms with van der Waals surface area (Å²) in [7, 11) is 0. The normalized spacial score (nSPS) is 24.8. The molecule has 0 aromatic rings. The summed E-state index contributed by atoms with van der Waals surface area (Å²) in [5.74, 6) is 1.25. The van der Waals surface area contributed by atoms with Crippen LogP contribution in [0.25, 0.3) is 0 Å². The minimum atomic E-state index is 0.310. The maximum absolute atomic E-state index is 6.11. The second kappa shape index (κ2) is 5.93. The zero-order valence-electron chi connectivity index (χ0n) is 7.68. The first-order valence-electron chi connectivity index (χ1n) is 4.65. The van der Waals surface area contributed by atoms with E-state index in [1.807, 2.05) is 11.8 Å². The van der Waals surface area contributed by atoms with Crippen molar-refractivity contribution in [2.45, 2.75) is 37.5 Å². The van der Waals surface area contributed by atoms with E-state index < -0.39 is 0 Å². The Hall–Kier alpha value is 0.380. The molecule has 1 aliphatic rings. The topological polar surface area (TPSA) is 0 Å². The smallest absolute Gasteiger partial charge is 0.0518 e. The second-order valence-electron chi connectivity index (χ2n) is 3.33. The van der Waals surface area contributed by atoms with Crippen LogP contribution in [0.15, 0.2) is 11.6 Å². The summed E-state index contributed by atoms with van der Waals surface area (Å²) in [6.45, 7) is 0. The Morgan fingerprint density at radius 1 is 1.58 bits per heavy atom. The van der Waals surface area contributed by atoms with Gasteiger partial charge in [-0.2, -0.15) is 11.8 Å². The molecule has 0 saturated heterocycles. The summed E-state index contributed by atoms with van der Waals surface area (Å²) in [5, 5.41) is 0.310. The summed E-state index contributed by atoms with van der Waals surface area (Å²) in [6, 6.07) is 0. The zero-order valence-corrected chi connectivity index (χ0v) is 9.26. The maximum Gasteiger partial charge on any atom is 0.0518 e. The summed E-state index contributed by atoms with van der Waals surface area (Å²) >= 11 is 8.03. The van der Waals surface area contributed by atoms with Crippen molar-refractivity contribution in [1.82, 2.24) is 0 Å². The molecule has 0 heterocycles. The summed E-state index contributed by atoms with van der Waals surface area (Å²) in [6.07, 6.45) is 10.8. The molecule has 0 radical (unpaired) electrons. The highest BCUT2D eigenvalue weighted by molar-refractivity contribution is 7.98. The van der Waals surface area contributed by atoms with Crippen molar-refractivity contribution >= 4 is 23.4 Å². The number of halogens is 1. The van der Waals surface area contributed by atoms with Crippen molar-refractivity contribution in [1.29, 1.82) is 0 Å². The third-order valence-corrected chi connectivity index (χ3v) is 3.23. The molecule has 0 aliphatic heterocycles. The fraction of sp³-hybridized carbons (Fsp3) is 0.800. The van der Waals surface area contributed by atoms with Crippen molar-refractivity contribution in [2.75, 3.05) is 12.0 Å². The van der Waals surface area contributed by atoms with E-state index in [-0.39, 0.29) is 0 Å². The molecule has 0 saturated carbocycles. The van der Waals surface area contributed by atoms with Gasteiger partial charge in [0.15, 0.2) is 0 Å². The molecule has 0 aromatic carbocycles. The van der Waals surface area contributed by atoms with Crippen LogP contribution >= 0.6 is 23.4 Å². The molecule has 1 rings (SSSR count). The van der Waals surface area contributed by atoms with Gasteiger partial charge >= 0.3 is 0 Å². The first-order valence-corrected chi connectivity index (χ1v) is 6.48. The lowest BCUT2D eigenvalue weighted by Gasteiger charge is -2.03. The zero-order chi connectivity index (χ0) is 8.81. The van der Waals surface area contributed by atoms with Crippen molar-refractivity contribution in [3.63, 3.8) is 0 Å². The van der Waals surface area contributed by atoms with Gasteiger partial charge in [-0.05, 0) is 37.7 Å². The first kappa shape index (κ1) is 10.5. The molecule has 70 valence electrons. The van der Waals surface area contributed by atoms with Crippen molar-refractivity contribution < 1.29 is 0 Å². The van der Waals surface area contributed by atoms with Gasteiger partial charge in [0.1, 0.15) is 0 Å². The third-order valence-electron chi connectivity index (χ3n) is 2.27. The Labute approximate surface area is 84.8 Å². The number of allylic oxidation sites excluding steroid dienone is 2. The van der Waals surface area contributed by atoms with Crippen LogP contribution in [0.5, 0.6) is 0 Å². The molecule has 0 bridgehead atoms. The third kappa shape index (κ3) is 3.86. The van der Waals surface area contributed by atoms with Gasteiger partial charge in [0.2, 0.25) is 0 Å². The molecule has 1 unspecified atom stereocenters. The Morgan fingerprint density at radius 2 is 2.42 bits per heavy atom. The quantitative estimate of drug-likeness (QED) is 0.497. The Bertz CT molecular complexity index is 154. The van der Waals surface area contributed by atoms with Crippen molar-refractivity contribution in [2.24, 2.45) is 0 Å². The largest absolute Gasteiger partial charge is 0.165 e. The highest BCUT2D eigenvalue weighted by atomic mass is 35.5. The lowest BCUT2D eigenvalue weighted by molar-refractivity contribution is 0.709. The summed E-state index contributed by atoms with van der Waals surface area (Å²) in [5.41, 5.74) is 1.59. The van der Waals surface area contributed by atoms with Gasteiger partial charge in [0, 0.05) is 0 Å². The van der Waals surface area contributed by atoms with E-state index >= 15 is 0 Å². The molecule has 1 aliphatic carbocycles. The van der Waals surface area contributed by atoms with Crippen LogP contribution in [-0.2, 0) is 0 Å². The molecule has 0 N–H and O–H groups in total. The molecule has 0 aromatic heterocycles. The first-order chi connectivity index (χ1) is 5.83. The second-order valence-corrected chi connectivity index (χ2v) is 4.88. The monoisotopic (exact) mass is 204 g/mol. The fourth-order valence-electron chi connectivity index (χ4n) is 1.56. The van der Waals surface area contributed by atoms with Crippen molar-refractivity contribution in [3.05, 3.63) is 11.6 Å². The van der Waals surface area contributed by atoms with Crippen LogP contribution < -0.4 is 0 Å². The van der Waals surface area contributed by atoms with Crippen LogP contribution in [0, 0.1) is 0 Å². The highest BCUT2D eigenvalue weighted by Gasteiger charge is 2.08. The van der Waals surface area contributed by atoms with Crippen LogP contribution in [0.3, 0.4) is 0 Å². The van der Waals surface area contributed by atoms with E-state index in [0.717, 1.165) is 0 Å². The summed E-state index contributed by atoms with van der Waals surface area (Å²) in [4.78, 5) is 0. The number of rotatable bonds is 3. The Morgan fingerprint density at radius 3 is 3.17 bits per heavy atom. The summed E-state index contributed by atoms with van der Waals surface area (Å²) < 4.78 is 0. The molecule has 12 heavy (non-hydrogen) atoms. The number of thioether (sulfide) groups is 1. The van der Waals surface area contributed by atoms with Gasteiger partial charge in [-0.25, -0.2) is 0 Å². The van der Waals surface area contributed by atoms with Gasteiger partial charge in [0.05, 0.1) is 5.38 Å². The molecule has 0 spiro atoms. The van der Waals surface area contributed by atoms with Gasteiger partial charge in [-0.1, -0.05) is 18.1 Å². The Balaban J connectivity index is 2.37. The van der Waals surface area contributed by atoms with E-state index in [0.29, 0.717) is 5.38 Å². The van der Waals surface area contributed by atoms with E-state index in [4.69, 9.17) is 11.6 Å².